The quantitative estimate of drug-likeness (QED) is 0.503. The number of Topliss-reactive ketones (excluding diaryl/α,β-unsaturated/α-hetero) is 2. The van der Waals surface area contributed by atoms with Crippen molar-refractivity contribution in [3.05, 3.63) is 0 Å². The lowest BCUT2D eigenvalue weighted by Crippen LogP contribution is -2.39. The molecular formula is C11H17NO2. The molecule has 0 aromatic rings. The summed E-state index contributed by atoms with van der Waals surface area (Å²) in [6.07, 6.45) is 5.09. The van der Waals surface area contributed by atoms with Gasteiger partial charge in [-0.3, -0.25) is 9.59 Å². The van der Waals surface area contributed by atoms with E-state index in [2.05, 4.69) is 5.32 Å². The molecule has 1 atom stereocenters. The molecular weight excluding hydrogens is 178 g/mol. The van der Waals surface area contributed by atoms with Gasteiger partial charge in [-0.05, 0) is 32.2 Å². The zero-order chi connectivity index (χ0) is 9.97. The smallest absolute Gasteiger partial charge is 0.144 e. The number of carbonyl (C=O) groups excluding carboxylic acids is 2. The second-order valence-corrected chi connectivity index (χ2v) is 4.32. The second kappa shape index (κ2) is 4.22. The third-order valence-corrected chi connectivity index (χ3v) is 3.29. The largest absolute Gasteiger partial charge is 0.313 e. The molecule has 0 aromatic carbocycles. The molecule has 0 bridgehead atoms. The van der Waals surface area contributed by atoms with Gasteiger partial charge < -0.3 is 5.32 Å². The van der Waals surface area contributed by atoms with Crippen LogP contribution in [0.5, 0.6) is 0 Å². The van der Waals surface area contributed by atoms with Crippen molar-refractivity contribution in [3.8, 4) is 0 Å². The first kappa shape index (κ1) is 9.84. The molecule has 1 heterocycles. The van der Waals surface area contributed by atoms with Crippen LogP contribution in [0.2, 0.25) is 0 Å². The number of carbonyl (C=O) groups is 2. The Morgan fingerprint density at radius 1 is 1.00 bits per heavy atom. The molecule has 3 nitrogen and oxygen atoms in total. The van der Waals surface area contributed by atoms with Gasteiger partial charge in [0, 0.05) is 18.9 Å². The Morgan fingerprint density at radius 2 is 1.64 bits per heavy atom. The number of hydrogen-bond donors (Lipinski definition) is 1. The molecule has 3 heteroatoms. The standard InChI is InChI=1S/C11H17NO2/c13-9-5-1-2-6-10(14)11(9)8-4-3-7-12-8/h8,11-12H,1-7H2. The average molecular weight is 195 g/mol. The molecule has 1 aliphatic carbocycles. The van der Waals surface area contributed by atoms with Crippen LogP contribution < -0.4 is 5.32 Å². The van der Waals surface area contributed by atoms with Crippen molar-refractivity contribution in [2.45, 2.75) is 44.6 Å². The lowest BCUT2D eigenvalue weighted by molar-refractivity contribution is -0.132. The normalized spacial score (nSPS) is 30.7. The van der Waals surface area contributed by atoms with E-state index in [0.717, 1.165) is 32.2 Å². The van der Waals surface area contributed by atoms with Gasteiger partial charge in [0.25, 0.3) is 0 Å². The van der Waals surface area contributed by atoms with Gasteiger partial charge in [-0.2, -0.15) is 0 Å². The van der Waals surface area contributed by atoms with Gasteiger partial charge in [-0.25, -0.2) is 0 Å². The van der Waals surface area contributed by atoms with Gasteiger partial charge in [0.1, 0.15) is 11.6 Å². The summed E-state index contributed by atoms with van der Waals surface area (Å²) >= 11 is 0. The molecule has 78 valence electrons. The van der Waals surface area contributed by atoms with Crippen molar-refractivity contribution in [3.63, 3.8) is 0 Å². The summed E-state index contributed by atoms with van der Waals surface area (Å²) in [6.45, 7) is 0.960. The molecule has 1 saturated carbocycles. The maximum absolute atomic E-state index is 11.8. The van der Waals surface area contributed by atoms with E-state index in [1.807, 2.05) is 0 Å². The molecule has 0 aromatic heterocycles. The summed E-state index contributed by atoms with van der Waals surface area (Å²) in [5.41, 5.74) is 0. The van der Waals surface area contributed by atoms with Gasteiger partial charge in [0.05, 0.1) is 5.92 Å². The number of nitrogens with one attached hydrogen (secondary N) is 1. The molecule has 0 amide bonds. The summed E-state index contributed by atoms with van der Waals surface area (Å²) in [6, 6.07) is 0.146. The van der Waals surface area contributed by atoms with Crippen LogP contribution in [-0.2, 0) is 9.59 Å². The minimum Gasteiger partial charge on any atom is -0.313 e. The summed E-state index contributed by atoms with van der Waals surface area (Å²) in [5, 5.41) is 3.27. The lowest BCUT2D eigenvalue weighted by Gasteiger charge is -2.19. The minimum absolute atomic E-state index is 0.146. The molecule has 1 N–H and O–H groups in total. The summed E-state index contributed by atoms with van der Waals surface area (Å²) in [7, 11) is 0. The molecule has 2 fully saturated rings. The number of ketones is 2. The van der Waals surface area contributed by atoms with Crippen molar-refractivity contribution in [2.24, 2.45) is 5.92 Å². The van der Waals surface area contributed by atoms with Crippen molar-refractivity contribution in [2.75, 3.05) is 6.54 Å². The van der Waals surface area contributed by atoms with Gasteiger partial charge in [0.2, 0.25) is 0 Å². The van der Waals surface area contributed by atoms with E-state index in [1.54, 1.807) is 0 Å². The van der Waals surface area contributed by atoms with Gasteiger partial charge in [-0.15, -0.1) is 0 Å². The lowest BCUT2D eigenvalue weighted by atomic mass is 9.89. The van der Waals surface area contributed by atoms with Crippen LogP contribution in [0.1, 0.15) is 38.5 Å². The van der Waals surface area contributed by atoms with Crippen LogP contribution in [0.3, 0.4) is 0 Å². The topological polar surface area (TPSA) is 46.2 Å². The van der Waals surface area contributed by atoms with Crippen LogP contribution in [0.4, 0.5) is 0 Å². The van der Waals surface area contributed by atoms with Crippen molar-refractivity contribution >= 4 is 11.6 Å². The van der Waals surface area contributed by atoms with Gasteiger partial charge in [0.15, 0.2) is 0 Å². The Balaban J connectivity index is 2.10. The highest BCUT2D eigenvalue weighted by Crippen LogP contribution is 2.24. The average Bonchev–Trinajstić information content (AvgIpc) is 2.61. The maximum atomic E-state index is 11.8. The molecule has 0 spiro atoms. The fraction of sp³-hybridized carbons (Fsp3) is 0.818. The van der Waals surface area contributed by atoms with Crippen molar-refractivity contribution in [1.82, 2.24) is 5.32 Å². The first-order chi connectivity index (χ1) is 6.79. The third-order valence-electron chi connectivity index (χ3n) is 3.29. The zero-order valence-electron chi connectivity index (χ0n) is 8.42. The fourth-order valence-corrected chi connectivity index (χ4v) is 2.53. The van der Waals surface area contributed by atoms with E-state index in [4.69, 9.17) is 0 Å². The van der Waals surface area contributed by atoms with Crippen LogP contribution in [-0.4, -0.2) is 24.2 Å². The molecule has 2 aliphatic rings. The maximum Gasteiger partial charge on any atom is 0.144 e. The Morgan fingerprint density at radius 3 is 2.14 bits per heavy atom. The van der Waals surface area contributed by atoms with E-state index in [9.17, 15) is 9.59 Å². The molecule has 0 radical (unpaired) electrons. The van der Waals surface area contributed by atoms with Gasteiger partial charge in [-0.1, -0.05) is 0 Å². The Bertz CT molecular complexity index is 226. The Labute approximate surface area is 84.2 Å². The van der Waals surface area contributed by atoms with Crippen LogP contribution >= 0.6 is 0 Å². The van der Waals surface area contributed by atoms with Crippen molar-refractivity contribution < 1.29 is 9.59 Å². The second-order valence-electron chi connectivity index (χ2n) is 4.32. The molecule has 2 rings (SSSR count). The first-order valence-electron chi connectivity index (χ1n) is 5.58. The van der Waals surface area contributed by atoms with E-state index in [0.29, 0.717) is 12.8 Å². The highest BCUT2D eigenvalue weighted by molar-refractivity contribution is 6.03. The van der Waals surface area contributed by atoms with Crippen LogP contribution in [0.15, 0.2) is 0 Å². The molecule has 14 heavy (non-hydrogen) atoms. The highest BCUT2D eigenvalue weighted by Gasteiger charge is 2.36. The molecule has 1 saturated heterocycles. The molecule has 1 unspecified atom stereocenters. The van der Waals surface area contributed by atoms with Gasteiger partial charge >= 0.3 is 0 Å². The van der Waals surface area contributed by atoms with Crippen LogP contribution in [0, 0.1) is 5.92 Å². The molecule has 1 aliphatic heterocycles. The zero-order valence-corrected chi connectivity index (χ0v) is 8.42. The summed E-state index contributed by atoms with van der Waals surface area (Å²) < 4.78 is 0. The predicted molar refractivity (Wildman–Crippen MR) is 53.0 cm³/mol. The summed E-state index contributed by atoms with van der Waals surface area (Å²) in [5.74, 6) is 0.0267. The predicted octanol–water partition coefficient (Wildman–Crippen LogP) is 1.07. The Hall–Kier alpha value is -0.700. The van der Waals surface area contributed by atoms with E-state index < -0.39 is 0 Å². The van der Waals surface area contributed by atoms with E-state index >= 15 is 0 Å². The SMILES string of the molecule is O=C1CCCCC(=O)C1C1CCCN1. The Kier molecular flexibility index (Phi) is 2.96. The fourth-order valence-electron chi connectivity index (χ4n) is 2.53. The minimum atomic E-state index is -0.319. The monoisotopic (exact) mass is 195 g/mol. The van der Waals surface area contributed by atoms with E-state index in [-0.39, 0.29) is 23.5 Å². The summed E-state index contributed by atoms with van der Waals surface area (Å²) in [4.78, 5) is 23.5. The number of rotatable bonds is 1. The van der Waals surface area contributed by atoms with Crippen LogP contribution in [0.25, 0.3) is 0 Å². The third kappa shape index (κ3) is 1.87. The van der Waals surface area contributed by atoms with Crippen molar-refractivity contribution in [1.29, 1.82) is 0 Å². The first-order valence-corrected chi connectivity index (χ1v) is 5.58. The van der Waals surface area contributed by atoms with E-state index in [1.165, 1.54) is 0 Å². The highest BCUT2D eigenvalue weighted by atomic mass is 16.2. The number of hydrogen-bond acceptors (Lipinski definition) is 3.